The van der Waals surface area contributed by atoms with Gasteiger partial charge < -0.3 is 5.73 Å². The number of aromatic nitrogens is 2. The van der Waals surface area contributed by atoms with Gasteiger partial charge in [0.05, 0.1) is 11.9 Å². The van der Waals surface area contributed by atoms with Gasteiger partial charge in [-0.2, -0.15) is 0 Å². The molecule has 0 aliphatic carbocycles. The van der Waals surface area contributed by atoms with E-state index in [9.17, 15) is 0 Å². The number of thiophene rings is 1. The average molecular weight is 304 g/mol. The summed E-state index contributed by atoms with van der Waals surface area (Å²) in [6, 6.07) is 0. The first-order valence-electron chi connectivity index (χ1n) is 7.60. The van der Waals surface area contributed by atoms with Gasteiger partial charge >= 0.3 is 0 Å². The van der Waals surface area contributed by atoms with Crippen LogP contribution in [0.5, 0.6) is 0 Å². The molecule has 1 fully saturated rings. The van der Waals surface area contributed by atoms with Crippen LogP contribution in [0.3, 0.4) is 0 Å². The number of nitrogen functional groups attached to an aromatic ring is 1. The van der Waals surface area contributed by atoms with Crippen LogP contribution < -0.4 is 5.73 Å². The monoisotopic (exact) mass is 304 g/mol. The molecule has 1 aliphatic rings. The van der Waals surface area contributed by atoms with Gasteiger partial charge in [-0.3, -0.25) is 4.90 Å². The highest BCUT2D eigenvalue weighted by atomic mass is 32.1. The van der Waals surface area contributed by atoms with Crippen LogP contribution in [0.4, 0.5) is 5.82 Å². The van der Waals surface area contributed by atoms with Gasteiger partial charge in [0, 0.05) is 11.4 Å². The Morgan fingerprint density at radius 3 is 2.76 bits per heavy atom. The molecule has 2 aromatic heterocycles. The molecule has 3 rings (SSSR count). The minimum Gasteiger partial charge on any atom is -0.383 e. The van der Waals surface area contributed by atoms with Crippen molar-refractivity contribution < 1.29 is 0 Å². The lowest BCUT2D eigenvalue weighted by atomic mass is 9.84. The van der Waals surface area contributed by atoms with Gasteiger partial charge in [-0.15, -0.1) is 11.3 Å². The summed E-state index contributed by atoms with van der Waals surface area (Å²) in [5, 5.41) is 1.04. The molecule has 0 unspecified atom stereocenters. The van der Waals surface area contributed by atoms with Gasteiger partial charge in [0.15, 0.2) is 0 Å². The number of hydrogen-bond donors (Lipinski definition) is 1. The number of fused-ring (bicyclic) bond motifs is 1. The molecule has 2 aromatic rings. The van der Waals surface area contributed by atoms with Crippen molar-refractivity contribution in [1.29, 1.82) is 0 Å². The Bertz CT molecular complexity index is 674. The highest BCUT2D eigenvalue weighted by Crippen LogP contribution is 2.33. The van der Waals surface area contributed by atoms with Gasteiger partial charge in [0.1, 0.15) is 16.5 Å². The normalized spacial score (nSPS) is 19.2. The summed E-state index contributed by atoms with van der Waals surface area (Å²) < 4.78 is 0. The smallest absolute Gasteiger partial charge is 0.146 e. The number of likely N-dealkylation sites (tertiary alicyclic amines) is 1. The topological polar surface area (TPSA) is 55.0 Å². The molecule has 0 atom stereocenters. The third-order valence-corrected chi connectivity index (χ3v) is 5.55. The number of anilines is 1. The number of hydrogen-bond acceptors (Lipinski definition) is 5. The van der Waals surface area contributed by atoms with E-state index in [1.165, 1.54) is 23.3 Å². The fraction of sp³-hybridized carbons (Fsp3) is 0.625. The first-order chi connectivity index (χ1) is 9.85. The van der Waals surface area contributed by atoms with Gasteiger partial charge in [-0.05, 0) is 44.2 Å². The van der Waals surface area contributed by atoms with Crippen LogP contribution in [-0.4, -0.2) is 28.0 Å². The molecule has 0 saturated carbocycles. The Balaban J connectivity index is 1.88. The summed E-state index contributed by atoms with van der Waals surface area (Å²) in [7, 11) is 0. The maximum atomic E-state index is 6.17. The number of nitrogens with two attached hydrogens (primary N) is 1. The van der Waals surface area contributed by atoms with E-state index in [0.29, 0.717) is 11.2 Å². The van der Waals surface area contributed by atoms with Crippen molar-refractivity contribution in [1.82, 2.24) is 14.9 Å². The minimum atomic E-state index is 0.393. The number of piperidine rings is 1. The van der Waals surface area contributed by atoms with Crippen LogP contribution in [0.15, 0.2) is 0 Å². The van der Waals surface area contributed by atoms with Crippen LogP contribution in [0.25, 0.3) is 10.2 Å². The maximum absolute atomic E-state index is 6.17. The number of rotatable bonds is 2. The second kappa shape index (κ2) is 5.21. The van der Waals surface area contributed by atoms with Crippen LogP contribution in [0.2, 0.25) is 0 Å². The third-order valence-electron chi connectivity index (χ3n) is 4.45. The zero-order valence-corrected chi connectivity index (χ0v) is 14.2. The van der Waals surface area contributed by atoms with E-state index in [1.807, 2.05) is 0 Å². The molecule has 0 spiro atoms. The number of nitrogens with zero attached hydrogens (tertiary/aromatic N) is 3. The molecule has 114 valence electrons. The Kier molecular flexibility index (Phi) is 3.66. The molecular weight excluding hydrogens is 280 g/mol. The summed E-state index contributed by atoms with van der Waals surface area (Å²) in [5.41, 5.74) is 7.78. The van der Waals surface area contributed by atoms with Crippen molar-refractivity contribution in [3.05, 3.63) is 16.3 Å². The molecule has 2 N–H and O–H groups in total. The highest BCUT2D eigenvalue weighted by molar-refractivity contribution is 7.18. The second-order valence-electron chi connectivity index (χ2n) is 6.97. The van der Waals surface area contributed by atoms with Gasteiger partial charge in [-0.1, -0.05) is 13.8 Å². The molecule has 0 bridgehead atoms. The molecule has 21 heavy (non-hydrogen) atoms. The Morgan fingerprint density at radius 2 is 2.05 bits per heavy atom. The standard InChI is InChI=1S/C16H24N4S/c1-10-11(2)21-15-13(10)14(17)18-12(19-15)8-20-7-5-6-16(3,4)9-20/h5-9H2,1-4H3,(H2,17,18,19). The largest absolute Gasteiger partial charge is 0.383 e. The lowest BCUT2D eigenvalue weighted by Gasteiger charge is -2.37. The van der Waals surface area contributed by atoms with Crippen LogP contribution in [-0.2, 0) is 6.54 Å². The molecule has 3 heterocycles. The summed E-state index contributed by atoms with van der Waals surface area (Å²) >= 11 is 1.72. The summed E-state index contributed by atoms with van der Waals surface area (Å²) in [5.74, 6) is 1.49. The van der Waals surface area contributed by atoms with Gasteiger partial charge in [0.2, 0.25) is 0 Å². The molecule has 0 amide bonds. The fourth-order valence-electron chi connectivity index (χ4n) is 3.28. The Hall–Kier alpha value is -1.20. The summed E-state index contributed by atoms with van der Waals surface area (Å²) in [4.78, 5) is 14.1. The van der Waals surface area contributed by atoms with Crippen LogP contribution >= 0.6 is 11.3 Å². The lowest BCUT2D eigenvalue weighted by Crippen LogP contribution is -2.39. The van der Waals surface area contributed by atoms with E-state index in [1.54, 1.807) is 11.3 Å². The first-order valence-corrected chi connectivity index (χ1v) is 8.42. The van der Waals surface area contributed by atoms with E-state index >= 15 is 0 Å². The van der Waals surface area contributed by atoms with Crippen molar-refractivity contribution >= 4 is 27.4 Å². The molecule has 1 saturated heterocycles. The summed E-state index contributed by atoms with van der Waals surface area (Å²) in [6.45, 7) is 11.9. The molecule has 5 heteroatoms. The average Bonchev–Trinajstić information content (AvgIpc) is 2.63. The predicted molar refractivity (Wildman–Crippen MR) is 89.6 cm³/mol. The van der Waals surface area contributed by atoms with E-state index < -0.39 is 0 Å². The summed E-state index contributed by atoms with van der Waals surface area (Å²) in [6.07, 6.45) is 2.55. The SMILES string of the molecule is Cc1sc2nc(CN3CCCC(C)(C)C3)nc(N)c2c1C. The molecule has 0 radical (unpaired) electrons. The first kappa shape index (κ1) is 14.7. The van der Waals surface area contributed by atoms with E-state index in [4.69, 9.17) is 10.7 Å². The highest BCUT2D eigenvalue weighted by Gasteiger charge is 2.27. The van der Waals surface area contributed by atoms with Crippen molar-refractivity contribution in [2.45, 2.75) is 47.1 Å². The quantitative estimate of drug-likeness (QED) is 0.922. The van der Waals surface area contributed by atoms with Crippen molar-refractivity contribution in [2.75, 3.05) is 18.8 Å². The van der Waals surface area contributed by atoms with E-state index in [2.05, 4.69) is 37.6 Å². The van der Waals surface area contributed by atoms with Crippen LogP contribution in [0, 0.1) is 19.3 Å². The molecule has 1 aliphatic heterocycles. The van der Waals surface area contributed by atoms with E-state index in [-0.39, 0.29) is 0 Å². The Labute approximate surface area is 130 Å². The minimum absolute atomic E-state index is 0.393. The van der Waals surface area contributed by atoms with Crippen molar-refractivity contribution in [3.8, 4) is 0 Å². The van der Waals surface area contributed by atoms with Gasteiger partial charge in [-0.25, -0.2) is 9.97 Å². The van der Waals surface area contributed by atoms with Crippen molar-refractivity contribution in [2.24, 2.45) is 5.41 Å². The van der Waals surface area contributed by atoms with Gasteiger partial charge in [0.25, 0.3) is 0 Å². The second-order valence-corrected chi connectivity index (χ2v) is 8.17. The molecule has 4 nitrogen and oxygen atoms in total. The zero-order valence-electron chi connectivity index (χ0n) is 13.4. The predicted octanol–water partition coefficient (Wildman–Crippen LogP) is 3.51. The molecule has 0 aromatic carbocycles. The lowest BCUT2D eigenvalue weighted by molar-refractivity contribution is 0.109. The number of aryl methyl sites for hydroxylation is 2. The third kappa shape index (κ3) is 2.90. The molecular formula is C16H24N4S. The zero-order chi connectivity index (χ0) is 15.2. The van der Waals surface area contributed by atoms with Crippen molar-refractivity contribution in [3.63, 3.8) is 0 Å². The van der Waals surface area contributed by atoms with Crippen LogP contribution in [0.1, 0.15) is 43.0 Å². The fourth-order valence-corrected chi connectivity index (χ4v) is 4.33. The Morgan fingerprint density at radius 1 is 1.29 bits per heavy atom. The maximum Gasteiger partial charge on any atom is 0.146 e. The van der Waals surface area contributed by atoms with E-state index in [0.717, 1.165) is 35.7 Å².